The molecule has 29 heavy (non-hydrogen) atoms. The molecule has 8 heteroatoms. The molecule has 0 aliphatic heterocycles. The number of rotatable bonds is 5. The van der Waals surface area contributed by atoms with E-state index in [9.17, 15) is 4.79 Å². The Labute approximate surface area is 172 Å². The molecule has 4 aromatic rings. The number of carbonyl (C=O) groups excluding carboxylic acids is 1. The van der Waals surface area contributed by atoms with E-state index in [-0.39, 0.29) is 5.91 Å². The predicted octanol–water partition coefficient (Wildman–Crippen LogP) is 3.99. The lowest BCUT2D eigenvalue weighted by atomic mass is 10.1. The van der Waals surface area contributed by atoms with E-state index in [2.05, 4.69) is 25.4 Å². The van der Waals surface area contributed by atoms with Crippen molar-refractivity contribution in [3.05, 3.63) is 76.7 Å². The minimum absolute atomic E-state index is 0.185. The van der Waals surface area contributed by atoms with E-state index in [1.807, 2.05) is 63.2 Å². The van der Waals surface area contributed by atoms with Crippen molar-refractivity contribution in [3.8, 4) is 0 Å². The van der Waals surface area contributed by atoms with Gasteiger partial charge in [-0.15, -0.1) is 5.10 Å². The van der Waals surface area contributed by atoms with Crippen molar-refractivity contribution in [2.75, 3.05) is 5.32 Å². The Kier molecular flexibility index (Phi) is 5.26. The number of benzene rings is 1. The van der Waals surface area contributed by atoms with Gasteiger partial charge in [0.25, 0.3) is 11.7 Å². The summed E-state index contributed by atoms with van der Waals surface area (Å²) in [5, 5.41) is 8.01. The van der Waals surface area contributed by atoms with Crippen LogP contribution >= 0.6 is 11.8 Å². The minimum atomic E-state index is -0.185. The number of aryl methyl sites for hydroxylation is 3. The van der Waals surface area contributed by atoms with E-state index >= 15 is 0 Å². The van der Waals surface area contributed by atoms with E-state index in [1.165, 1.54) is 11.8 Å². The molecule has 3 heterocycles. The van der Waals surface area contributed by atoms with Crippen LogP contribution in [0.3, 0.4) is 0 Å². The third-order valence-corrected chi connectivity index (χ3v) is 5.23. The molecule has 0 atom stereocenters. The van der Waals surface area contributed by atoms with Gasteiger partial charge in [-0.25, -0.2) is 14.5 Å². The Morgan fingerprint density at radius 2 is 1.83 bits per heavy atom. The molecule has 146 valence electrons. The van der Waals surface area contributed by atoms with E-state index in [0.717, 1.165) is 22.6 Å². The topological polar surface area (TPSA) is 85.1 Å². The molecular formula is C21H20N6OS. The SMILES string of the molecule is Cc1cccc(NC(=O)c2ccccc2CSc2nc3nc(C)cc(C)n3n2)n1. The molecule has 1 amide bonds. The Morgan fingerprint density at radius 3 is 2.66 bits per heavy atom. The number of carbonyl (C=O) groups is 1. The molecule has 0 unspecified atom stereocenters. The number of hydrogen-bond donors (Lipinski definition) is 1. The molecule has 0 bridgehead atoms. The second-order valence-corrected chi connectivity index (χ2v) is 7.65. The molecule has 0 saturated heterocycles. The van der Waals surface area contributed by atoms with E-state index in [1.54, 1.807) is 10.6 Å². The fourth-order valence-corrected chi connectivity index (χ4v) is 3.84. The molecule has 1 N–H and O–H groups in total. The smallest absolute Gasteiger partial charge is 0.257 e. The van der Waals surface area contributed by atoms with Crippen LogP contribution in [0.4, 0.5) is 5.82 Å². The standard InChI is InChI=1S/C21H20N6OS/c1-13-7-6-10-18(22-13)24-19(28)17-9-5-4-8-16(17)12-29-21-25-20-23-14(2)11-15(3)27(20)26-21/h4-11H,12H2,1-3H3,(H,22,24,28). The number of fused-ring (bicyclic) bond motifs is 1. The van der Waals surface area contributed by atoms with Gasteiger partial charge in [-0.2, -0.15) is 4.98 Å². The predicted molar refractivity (Wildman–Crippen MR) is 113 cm³/mol. The lowest BCUT2D eigenvalue weighted by molar-refractivity contribution is 0.102. The van der Waals surface area contributed by atoms with Gasteiger partial charge in [0.1, 0.15) is 5.82 Å². The first kappa shape index (κ1) is 19.1. The van der Waals surface area contributed by atoms with E-state index < -0.39 is 0 Å². The van der Waals surface area contributed by atoms with Crippen LogP contribution in [0, 0.1) is 20.8 Å². The molecule has 0 saturated carbocycles. The number of anilines is 1. The van der Waals surface area contributed by atoms with Gasteiger partial charge in [0.2, 0.25) is 5.16 Å². The highest BCUT2D eigenvalue weighted by molar-refractivity contribution is 7.98. The Hall–Kier alpha value is -3.26. The first-order valence-corrected chi connectivity index (χ1v) is 10.1. The lowest BCUT2D eigenvalue weighted by Gasteiger charge is -2.09. The highest BCUT2D eigenvalue weighted by Crippen LogP contribution is 2.23. The molecule has 3 aromatic heterocycles. The maximum absolute atomic E-state index is 12.8. The molecule has 0 fully saturated rings. The molecule has 1 aromatic carbocycles. The quantitative estimate of drug-likeness (QED) is 0.506. The van der Waals surface area contributed by atoms with Crippen LogP contribution in [0.1, 0.15) is 33.0 Å². The van der Waals surface area contributed by atoms with Crippen LogP contribution in [-0.2, 0) is 5.75 Å². The zero-order valence-corrected chi connectivity index (χ0v) is 17.2. The highest BCUT2D eigenvalue weighted by atomic mass is 32.2. The molecule has 4 rings (SSSR count). The Balaban J connectivity index is 1.53. The van der Waals surface area contributed by atoms with Gasteiger partial charge in [0, 0.05) is 28.4 Å². The Bertz CT molecular complexity index is 1200. The number of thioether (sulfide) groups is 1. The number of amides is 1. The van der Waals surface area contributed by atoms with Gasteiger partial charge in [0.05, 0.1) is 0 Å². The minimum Gasteiger partial charge on any atom is -0.307 e. The molecule has 0 radical (unpaired) electrons. The fourth-order valence-electron chi connectivity index (χ4n) is 3.02. The average Bonchev–Trinajstić information content (AvgIpc) is 3.10. The monoisotopic (exact) mass is 404 g/mol. The zero-order chi connectivity index (χ0) is 20.4. The van der Waals surface area contributed by atoms with Crippen LogP contribution < -0.4 is 5.32 Å². The summed E-state index contributed by atoms with van der Waals surface area (Å²) in [6, 6.07) is 15.0. The molecule has 0 aliphatic rings. The van der Waals surface area contributed by atoms with Gasteiger partial charge in [-0.1, -0.05) is 36.0 Å². The Morgan fingerprint density at radius 1 is 1.00 bits per heavy atom. The van der Waals surface area contributed by atoms with Gasteiger partial charge >= 0.3 is 0 Å². The van der Waals surface area contributed by atoms with Crippen LogP contribution in [0.15, 0.2) is 53.7 Å². The first-order chi connectivity index (χ1) is 14.0. The van der Waals surface area contributed by atoms with Crippen LogP contribution in [0.25, 0.3) is 5.78 Å². The van der Waals surface area contributed by atoms with Gasteiger partial charge < -0.3 is 5.32 Å². The molecule has 0 spiro atoms. The van der Waals surface area contributed by atoms with Gasteiger partial charge in [0.15, 0.2) is 0 Å². The third-order valence-electron chi connectivity index (χ3n) is 4.35. The number of pyridine rings is 1. The average molecular weight is 404 g/mol. The second-order valence-electron chi connectivity index (χ2n) is 6.71. The van der Waals surface area contributed by atoms with Crippen molar-refractivity contribution in [2.24, 2.45) is 0 Å². The lowest BCUT2D eigenvalue weighted by Crippen LogP contribution is -2.15. The van der Waals surface area contributed by atoms with Gasteiger partial charge in [-0.3, -0.25) is 4.79 Å². The van der Waals surface area contributed by atoms with E-state index in [0.29, 0.717) is 28.1 Å². The summed E-state index contributed by atoms with van der Waals surface area (Å²) in [7, 11) is 0. The first-order valence-electron chi connectivity index (χ1n) is 9.16. The summed E-state index contributed by atoms with van der Waals surface area (Å²) >= 11 is 1.48. The van der Waals surface area contributed by atoms with Crippen molar-refractivity contribution in [1.29, 1.82) is 0 Å². The summed E-state index contributed by atoms with van der Waals surface area (Å²) in [5.41, 5.74) is 4.26. The van der Waals surface area contributed by atoms with Crippen molar-refractivity contribution in [3.63, 3.8) is 0 Å². The summed E-state index contributed by atoms with van der Waals surface area (Å²) in [6.45, 7) is 5.80. The maximum atomic E-state index is 12.8. The number of nitrogens with one attached hydrogen (secondary N) is 1. The summed E-state index contributed by atoms with van der Waals surface area (Å²) in [6.07, 6.45) is 0. The molecular weight excluding hydrogens is 384 g/mol. The van der Waals surface area contributed by atoms with Crippen molar-refractivity contribution < 1.29 is 4.79 Å². The molecule has 0 aliphatic carbocycles. The van der Waals surface area contributed by atoms with Crippen LogP contribution in [0.5, 0.6) is 0 Å². The largest absolute Gasteiger partial charge is 0.307 e. The van der Waals surface area contributed by atoms with Crippen LogP contribution in [-0.4, -0.2) is 30.5 Å². The fraction of sp³-hybridized carbons (Fsp3) is 0.190. The number of hydrogen-bond acceptors (Lipinski definition) is 6. The van der Waals surface area contributed by atoms with Crippen molar-refractivity contribution in [2.45, 2.75) is 31.7 Å². The summed E-state index contributed by atoms with van der Waals surface area (Å²) < 4.78 is 1.73. The van der Waals surface area contributed by atoms with E-state index in [4.69, 9.17) is 0 Å². The second kappa shape index (κ2) is 8.00. The van der Waals surface area contributed by atoms with Crippen LogP contribution in [0.2, 0.25) is 0 Å². The van der Waals surface area contributed by atoms with Crippen molar-refractivity contribution >= 4 is 29.3 Å². The number of aromatic nitrogens is 5. The van der Waals surface area contributed by atoms with Crippen molar-refractivity contribution in [1.82, 2.24) is 24.6 Å². The molecule has 7 nitrogen and oxygen atoms in total. The third kappa shape index (κ3) is 4.27. The summed E-state index contributed by atoms with van der Waals surface area (Å²) in [5.74, 6) is 1.51. The summed E-state index contributed by atoms with van der Waals surface area (Å²) in [4.78, 5) is 26.0. The normalized spacial score (nSPS) is 11.0. The van der Waals surface area contributed by atoms with Gasteiger partial charge in [-0.05, 0) is 50.6 Å². The number of nitrogens with zero attached hydrogens (tertiary/aromatic N) is 5. The maximum Gasteiger partial charge on any atom is 0.257 e. The zero-order valence-electron chi connectivity index (χ0n) is 16.4. The highest BCUT2D eigenvalue weighted by Gasteiger charge is 2.14.